The third kappa shape index (κ3) is 2.65. The summed E-state index contributed by atoms with van der Waals surface area (Å²) in [6, 6.07) is 8.61. The van der Waals surface area contributed by atoms with Gasteiger partial charge in [0.15, 0.2) is 0 Å². The van der Waals surface area contributed by atoms with Crippen LogP contribution >= 0.6 is 0 Å². The molecule has 0 bridgehead atoms. The molecule has 0 aliphatic rings. The molecule has 0 amide bonds. The van der Waals surface area contributed by atoms with Crippen molar-refractivity contribution in [3.8, 4) is 11.8 Å². The highest BCUT2D eigenvalue weighted by Crippen LogP contribution is 2.23. The minimum Gasteiger partial charge on any atom is -0.425 e. The van der Waals surface area contributed by atoms with Crippen LogP contribution in [0.15, 0.2) is 36.7 Å². The summed E-state index contributed by atoms with van der Waals surface area (Å²) in [6.45, 7) is 3.70. The lowest BCUT2D eigenvalue weighted by molar-refractivity contribution is 0.410. The minimum absolute atomic E-state index is 0.635. The van der Waals surface area contributed by atoms with Crippen molar-refractivity contribution in [2.45, 2.75) is 20.0 Å². The molecule has 0 radical (unpaired) electrons. The third-order valence-corrected chi connectivity index (χ3v) is 2.56. The van der Waals surface area contributed by atoms with E-state index in [-0.39, 0.29) is 0 Å². The van der Waals surface area contributed by atoms with Gasteiger partial charge in [-0.3, -0.25) is 0 Å². The van der Waals surface area contributed by atoms with Gasteiger partial charge in [0.1, 0.15) is 5.75 Å². The van der Waals surface area contributed by atoms with Crippen molar-refractivity contribution in [2.75, 3.05) is 7.05 Å². The second-order valence-electron chi connectivity index (χ2n) is 3.74. The molecule has 0 unspecified atom stereocenters. The molecule has 0 saturated heterocycles. The van der Waals surface area contributed by atoms with E-state index in [4.69, 9.17) is 4.74 Å². The number of rotatable bonds is 5. The Balaban J connectivity index is 2.23. The van der Waals surface area contributed by atoms with E-state index in [9.17, 15) is 0 Å². The minimum atomic E-state index is 0.635. The summed E-state index contributed by atoms with van der Waals surface area (Å²) in [7, 11) is 1.92. The Morgan fingerprint density at radius 3 is 2.94 bits per heavy atom. The molecule has 2 rings (SSSR count). The van der Waals surface area contributed by atoms with Gasteiger partial charge < -0.3 is 14.6 Å². The number of nitrogens with zero attached hydrogens (tertiary/aromatic N) is 2. The second-order valence-corrected chi connectivity index (χ2v) is 3.74. The van der Waals surface area contributed by atoms with Gasteiger partial charge in [-0.15, -0.1) is 0 Å². The molecule has 1 N–H and O–H groups in total. The van der Waals surface area contributed by atoms with Crippen molar-refractivity contribution in [1.29, 1.82) is 0 Å². The van der Waals surface area contributed by atoms with Gasteiger partial charge in [-0.05, 0) is 20.0 Å². The molecular weight excluding hydrogens is 214 g/mol. The van der Waals surface area contributed by atoms with Crippen LogP contribution in [0.3, 0.4) is 0 Å². The van der Waals surface area contributed by atoms with Gasteiger partial charge in [-0.25, -0.2) is 4.98 Å². The van der Waals surface area contributed by atoms with E-state index >= 15 is 0 Å². The highest BCUT2D eigenvalue weighted by atomic mass is 16.5. The standard InChI is InChI=1S/C13H17N3O/c1-3-16-9-8-15-13(16)17-12-7-5-4-6-11(12)10-14-2/h4-9,14H,3,10H2,1-2H3. The van der Waals surface area contributed by atoms with Crippen LogP contribution in [0.5, 0.6) is 11.8 Å². The Morgan fingerprint density at radius 1 is 1.35 bits per heavy atom. The Hall–Kier alpha value is -1.81. The van der Waals surface area contributed by atoms with E-state index < -0.39 is 0 Å². The molecule has 4 nitrogen and oxygen atoms in total. The maximum atomic E-state index is 5.84. The SMILES string of the molecule is CCn1ccnc1Oc1ccccc1CNC. The lowest BCUT2D eigenvalue weighted by Gasteiger charge is -2.10. The molecule has 1 heterocycles. The quantitative estimate of drug-likeness (QED) is 0.859. The first-order chi connectivity index (χ1) is 8.35. The molecule has 0 spiro atoms. The number of para-hydroxylation sites is 1. The average molecular weight is 231 g/mol. The maximum absolute atomic E-state index is 5.84. The Morgan fingerprint density at radius 2 is 2.18 bits per heavy atom. The molecule has 2 aromatic rings. The van der Waals surface area contributed by atoms with E-state index in [2.05, 4.69) is 17.2 Å². The average Bonchev–Trinajstić information content (AvgIpc) is 2.79. The van der Waals surface area contributed by atoms with Crippen LogP contribution in [0, 0.1) is 0 Å². The number of hydrogen-bond acceptors (Lipinski definition) is 3. The normalized spacial score (nSPS) is 10.5. The molecule has 1 aromatic carbocycles. The fraction of sp³-hybridized carbons (Fsp3) is 0.308. The molecule has 0 aliphatic carbocycles. The monoisotopic (exact) mass is 231 g/mol. The molecule has 0 fully saturated rings. The van der Waals surface area contributed by atoms with E-state index in [0.717, 1.165) is 24.4 Å². The lowest BCUT2D eigenvalue weighted by Crippen LogP contribution is -2.07. The van der Waals surface area contributed by atoms with Crippen LogP contribution in [0.25, 0.3) is 0 Å². The maximum Gasteiger partial charge on any atom is 0.301 e. The number of benzene rings is 1. The van der Waals surface area contributed by atoms with Crippen molar-refractivity contribution in [2.24, 2.45) is 0 Å². The first-order valence-corrected chi connectivity index (χ1v) is 5.76. The van der Waals surface area contributed by atoms with Gasteiger partial charge in [-0.2, -0.15) is 0 Å². The summed E-state index contributed by atoms with van der Waals surface area (Å²) in [5.41, 5.74) is 1.13. The molecule has 17 heavy (non-hydrogen) atoms. The number of imidazole rings is 1. The van der Waals surface area contributed by atoms with Crippen molar-refractivity contribution < 1.29 is 4.74 Å². The van der Waals surface area contributed by atoms with Gasteiger partial charge in [-0.1, -0.05) is 18.2 Å². The van der Waals surface area contributed by atoms with Gasteiger partial charge in [0, 0.05) is 31.0 Å². The van der Waals surface area contributed by atoms with Gasteiger partial charge in [0.05, 0.1) is 0 Å². The van der Waals surface area contributed by atoms with Crippen LogP contribution < -0.4 is 10.1 Å². The van der Waals surface area contributed by atoms with Crippen molar-refractivity contribution in [3.63, 3.8) is 0 Å². The van der Waals surface area contributed by atoms with Crippen LogP contribution in [-0.2, 0) is 13.1 Å². The first-order valence-electron chi connectivity index (χ1n) is 5.76. The molecule has 0 saturated carbocycles. The predicted octanol–water partition coefficient (Wildman–Crippen LogP) is 2.41. The summed E-state index contributed by atoms with van der Waals surface area (Å²) in [4.78, 5) is 4.20. The Bertz CT molecular complexity index is 479. The highest BCUT2D eigenvalue weighted by molar-refractivity contribution is 5.35. The predicted molar refractivity (Wildman–Crippen MR) is 67.2 cm³/mol. The fourth-order valence-electron chi connectivity index (χ4n) is 1.68. The summed E-state index contributed by atoms with van der Waals surface area (Å²) in [6.07, 6.45) is 3.66. The summed E-state index contributed by atoms with van der Waals surface area (Å²) >= 11 is 0. The van der Waals surface area contributed by atoms with Crippen LogP contribution in [0.2, 0.25) is 0 Å². The van der Waals surface area contributed by atoms with Crippen LogP contribution in [0.4, 0.5) is 0 Å². The van der Waals surface area contributed by atoms with E-state index in [1.807, 2.05) is 42.1 Å². The molecule has 0 aliphatic heterocycles. The highest BCUT2D eigenvalue weighted by Gasteiger charge is 2.07. The van der Waals surface area contributed by atoms with E-state index in [0.29, 0.717) is 6.01 Å². The third-order valence-electron chi connectivity index (χ3n) is 2.56. The number of hydrogen-bond donors (Lipinski definition) is 1. The Labute approximate surface area is 101 Å². The number of nitrogens with one attached hydrogen (secondary N) is 1. The zero-order valence-corrected chi connectivity index (χ0v) is 10.2. The van der Waals surface area contributed by atoms with Crippen LogP contribution in [-0.4, -0.2) is 16.6 Å². The zero-order chi connectivity index (χ0) is 12.1. The molecule has 1 aromatic heterocycles. The van der Waals surface area contributed by atoms with Gasteiger partial charge in [0.25, 0.3) is 0 Å². The zero-order valence-electron chi connectivity index (χ0n) is 10.2. The Kier molecular flexibility index (Phi) is 3.77. The number of ether oxygens (including phenoxy) is 1. The summed E-state index contributed by atoms with van der Waals surface area (Å²) in [5, 5.41) is 3.13. The van der Waals surface area contributed by atoms with Crippen LogP contribution in [0.1, 0.15) is 12.5 Å². The molecule has 4 heteroatoms. The van der Waals surface area contributed by atoms with E-state index in [1.165, 1.54) is 0 Å². The molecular formula is C13H17N3O. The van der Waals surface area contributed by atoms with Gasteiger partial charge in [0.2, 0.25) is 0 Å². The number of aryl methyl sites for hydroxylation is 1. The molecule has 0 atom stereocenters. The topological polar surface area (TPSA) is 39.1 Å². The number of aromatic nitrogens is 2. The lowest BCUT2D eigenvalue weighted by atomic mass is 10.2. The van der Waals surface area contributed by atoms with E-state index in [1.54, 1.807) is 6.20 Å². The largest absolute Gasteiger partial charge is 0.425 e. The van der Waals surface area contributed by atoms with Crippen molar-refractivity contribution >= 4 is 0 Å². The smallest absolute Gasteiger partial charge is 0.301 e. The fourth-order valence-corrected chi connectivity index (χ4v) is 1.68. The second kappa shape index (κ2) is 5.50. The summed E-state index contributed by atoms with van der Waals surface area (Å²) < 4.78 is 7.80. The van der Waals surface area contributed by atoms with Crippen molar-refractivity contribution in [3.05, 3.63) is 42.2 Å². The van der Waals surface area contributed by atoms with Crippen molar-refractivity contribution in [1.82, 2.24) is 14.9 Å². The summed E-state index contributed by atoms with van der Waals surface area (Å²) in [5.74, 6) is 0.850. The molecule has 90 valence electrons. The first kappa shape index (κ1) is 11.7. The van der Waals surface area contributed by atoms with Gasteiger partial charge >= 0.3 is 6.01 Å².